The summed E-state index contributed by atoms with van der Waals surface area (Å²) in [6.45, 7) is 0. The number of hydrogen-bond acceptors (Lipinski definition) is 4. The molecule has 0 aliphatic rings. The number of nitrogens with one attached hydrogen (secondary N) is 2. The Hall–Kier alpha value is -4.69. The average molecular weight is 480 g/mol. The molecular formula is C26H18ClN7O. The third-order valence-corrected chi connectivity index (χ3v) is 5.73. The van der Waals surface area contributed by atoms with Crippen LogP contribution in [0.5, 0.6) is 0 Å². The van der Waals surface area contributed by atoms with Gasteiger partial charge in [0, 0.05) is 17.3 Å². The average Bonchev–Trinajstić information content (AvgIpc) is 3.43. The lowest BCUT2D eigenvalue weighted by molar-refractivity contribution is 0.262. The number of amides is 2. The molecule has 0 radical (unpaired) electrons. The summed E-state index contributed by atoms with van der Waals surface area (Å²) in [5.41, 5.74) is 4.24. The normalized spacial score (nSPS) is 11.1. The Balaban J connectivity index is 1.42. The van der Waals surface area contributed by atoms with E-state index in [0.717, 1.165) is 16.8 Å². The zero-order chi connectivity index (χ0) is 23.8. The van der Waals surface area contributed by atoms with E-state index in [-0.39, 0.29) is 5.15 Å². The van der Waals surface area contributed by atoms with Crippen LogP contribution in [0.4, 0.5) is 16.4 Å². The van der Waals surface area contributed by atoms with Crippen molar-refractivity contribution in [1.82, 2.24) is 24.0 Å². The van der Waals surface area contributed by atoms with E-state index < -0.39 is 6.03 Å². The van der Waals surface area contributed by atoms with Gasteiger partial charge in [-0.1, -0.05) is 78.3 Å². The molecule has 0 unspecified atom stereocenters. The van der Waals surface area contributed by atoms with Crippen LogP contribution in [0.15, 0.2) is 97.2 Å². The highest BCUT2D eigenvalue weighted by molar-refractivity contribution is 6.29. The first kappa shape index (κ1) is 20.9. The van der Waals surface area contributed by atoms with E-state index >= 15 is 0 Å². The van der Waals surface area contributed by atoms with Gasteiger partial charge in [0.2, 0.25) is 0 Å². The number of urea groups is 1. The van der Waals surface area contributed by atoms with Gasteiger partial charge in [-0.2, -0.15) is 9.61 Å². The Morgan fingerprint density at radius 1 is 0.686 bits per heavy atom. The van der Waals surface area contributed by atoms with E-state index in [9.17, 15) is 4.79 Å². The predicted octanol–water partition coefficient (Wildman–Crippen LogP) is 6.01. The number of anilines is 2. The van der Waals surface area contributed by atoms with Crippen molar-refractivity contribution in [2.24, 2.45) is 0 Å². The first-order valence-corrected chi connectivity index (χ1v) is 11.3. The van der Waals surface area contributed by atoms with Crippen LogP contribution in [0.3, 0.4) is 0 Å². The molecule has 2 amide bonds. The van der Waals surface area contributed by atoms with Crippen LogP contribution in [0.25, 0.3) is 33.8 Å². The Kier molecular flexibility index (Phi) is 5.12. The lowest BCUT2D eigenvalue weighted by atomic mass is 10.1. The minimum Gasteiger partial charge on any atom is -0.291 e. The van der Waals surface area contributed by atoms with E-state index in [1.165, 1.54) is 4.52 Å². The molecule has 0 spiro atoms. The molecule has 8 nitrogen and oxygen atoms in total. The third-order valence-electron chi connectivity index (χ3n) is 5.53. The van der Waals surface area contributed by atoms with Crippen molar-refractivity contribution in [3.05, 3.63) is 102 Å². The highest BCUT2D eigenvalue weighted by atomic mass is 35.5. The number of nitrogens with zero attached hydrogens (tertiary/aromatic N) is 5. The Labute approximate surface area is 204 Å². The maximum absolute atomic E-state index is 13.4. The van der Waals surface area contributed by atoms with Crippen molar-refractivity contribution in [2.75, 3.05) is 10.6 Å². The number of pyridine rings is 1. The third kappa shape index (κ3) is 3.85. The number of carbonyl (C=O) groups excluding carboxylic acids is 1. The quantitative estimate of drug-likeness (QED) is 0.324. The molecule has 2 aromatic carbocycles. The molecule has 0 fully saturated rings. The fourth-order valence-corrected chi connectivity index (χ4v) is 4.12. The van der Waals surface area contributed by atoms with E-state index in [2.05, 4.69) is 20.7 Å². The van der Waals surface area contributed by atoms with E-state index in [1.54, 1.807) is 12.1 Å². The van der Waals surface area contributed by atoms with Gasteiger partial charge in [-0.3, -0.25) is 15.0 Å². The summed E-state index contributed by atoms with van der Waals surface area (Å²) < 4.78 is 3.36. The first-order chi connectivity index (χ1) is 17.2. The molecule has 2 N–H and O–H groups in total. The fourth-order valence-electron chi connectivity index (χ4n) is 3.98. The smallest absolute Gasteiger partial charge is 0.291 e. The van der Waals surface area contributed by atoms with Gasteiger partial charge >= 0.3 is 6.03 Å². The molecule has 9 heteroatoms. The van der Waals surface area contributed by atoms with Gasteiger partial charge in [0.1, 0.15) is 28.0 Å². The summed E-state index contributed by atoms with van der Waals surface area (Å²) in [6.07, 6.45) is 1.86. The summed E-state index contributed by atoms with van der Waals surface area (Å²) in [5.74, 6) is 0.951. The molecule has 0 atom stereocenters. The van der Waals surface area contributed by atoms with Gasteiger partial charge in [-0.05, 0) is 24.3 Å². The van der Waals surface area contributed by atoms with Crippen molar-refractivity contribution in [2.45, 2.75) is 0 Å². The summed E-state index contributed by atoms with van der Waals surface area (Å²) in [7, 11) is 0. The summed E-state index contributed by atoms with van der Waals surface area (Å²) in [5, 5.41) is 10.5. The number of fused-ring (bicyclic) bond motifs is 2. The van der Waals surface area contributed by atoms with E-state index in [4.69, 9.17) is 16.6 Å². The Morgan fingerprint density at radius 2 is 1.29 bits per heavy atom. The molecular weight excluding hydrogens is 462 g/mol. The maximum Gasteiger partial charge on any atom is 0.326 e. The number of halogens is 1. The molecule has 0 saturated heterocycles. The van der Waals surface area contributed by atoms with E-state index in [1.807, 2.05) is 89.5 Å². The van der Waals surface area contributed by atoms with Gasteiger partial charge in [0.15, 0.2) is 11.5 Å². The highest BCUT2D eigenvalue weighted by Crippen LogP contribution is 2.31. The topological polar surface area (TPSA) is 88.6 Å². The second kappa shape index (κ2) is 8.58. The minimum atomic E-state index is -0.464. The zero-order valence-electron chi connectivity index (χ0n) is 18.3. The van der Waals surface area contributed by atoms with Gasteiger partial charge in [0.05, 0.1) is 0 Å². The van der Waals surface area contributed by atoms with Crippen molar-refractivity contribution in [3.63, 3.8) is 0 Å². The van der Waals surface area contributed by atoms with Crippen LogP contribution in [0.2, 0.25) is 5.15 Å². The Bertz CT molecular complexity index is 1680. The lowest BCUT2D eigenvalue weighted by Gasteiger charge is -2.10. The number of imidazole rings is 2. The molecule has 0 saturated carbocycles. The minimum absolute atomic E-state index is 0.283. The number of benzene rings is 2. The fraction of sp³-hybridized carbons (Fsp3) is 0. The molecule has 4 heterocycles. The second-order valence-electron chi connectivity index (χ2n) is 7.78. The largest absolute Gasteiger partial charge is 0.326 e. The lowest BCUT2D eigenvalue weighted by Crippen LogP contribution is -2.22. The van der Waals surface area contributed by atoms with Gasteiger partial charge in [0.25, 0.3) is 0 Å². The number of hydrogen-bond donors (Lipinski definition) is 2. The summed E-state index contributed by atoms with van der Waals surface area (Å²) in [4.78, 5) is 22.8. The van der Waals surface area contributed by atoms with Crippen LogP contribution < -0.4 is 10.6 Å². The molecule has 0 aliphatic heterocycles. The van der Waals surface area contributed by atoms with Crippen molar-refractivity contribution in [1.29, 1.82) is 0 Å². The molecule has 6 aromatic rings. The van der Waals surface area contributed by atoms with Crippen LogP contribution in [-0.2, 0) is 0 Å². The molecule has 0 bridgehead atoms. The van der Waals surface area contributed by atoms with E-state index in [0.29, 0.717) is 28.7 Å². The van der Waals surface area contributed by atoms with Crippen LogP contribution >= 0.6 is 11.6 Å². The second-order valence-corrected chi connectivity index (χ2v) is 8.17. The monoisotopic (exact) mass is 479 g/mol. The standard InChI is InChI=1S/C26H18ClN7O/c27-19-14-15-21-29-23(18-11-5-2-6-12-18)25(34(21)32-19)31-26(35)30-24-22(17-9-3-1-4-10-17)28-20-13-7-8-16-33(20)24/h1-16H,(H2,30,31,35). The maximum atomic E-state index is 13.4. The Morgan fingerprint density at radius 3 is 2.00 bits per heavy atom. The molecule has 4 aromatic heterocycles. The SMILES string of the molecule is O=C(Nc1c(-c2ccccc2)nc2ccccn12)Nc1c(-c2ccccc2)nc2ccc(Cl)nn12. The number of aromatic nitrogens is 5. The first-order valence-electron chi connectivity index (χ1n) is 10.9. The summed E-state index contributed by atoms with van der Waals surface area (Å²) >= 11 is 6.15. The molecule has 0 aliphatic carbocycles. The molecule has 170 valence electrons. The van der Waals surface area contributed by atoms with Gasteiger partial charge in [-0.15, -0.1) is 0 Å². The van der Waals surface area contributed by atoms with Gasteiger partial charge in [-0.25, -0.2) is 14.8 Å². The van der Waals surface area contributed by atoms with Crippen LogP contribution in [0, 0.1) is 0 Å². The number of rotatable bonds is 4. The van der Waals surface area contributed by atoms with Gasteiger partial charge < -0.3 is 0 Å². The van der Waals surface area contributed by atoms with Crippen molar-refractivity contribution >= 4 is 40.6 Å². The van der Waals surface area contributed by atoms with Crippen LogP contribution in [-0.4, -0.2) is 30.0 Å². The zero-order valence-corrected chi connectivity index (χ0v) is 19.0. The molecule has 6 rings (SSSR count). The van der Waals surface area contributed by atoms with Crippen molar-refractivity contribution in [3.8, 4) is 22.5 Å². The predicted molar refractivity (Wildman–Crippen MR) is 137 cm³/mol. The number of carbonyl (C=O) groups is 1. The van der Waals surface area contributed by atoms with Crippen LogP contribution in [0.1, 0.15) is 0 Å². The van der Waals surface area contributed by atoms with Crippen molar-refractivity contribution < 1.29 is 4.79 Å². The summed E-state index contributed by atoms with van der Waals surface area (Å²) in [6, 6.07) is 27.9. The molecule has 35 heavy (non-hydrogen) atoms. The highest BCUT2D eigenvalue weighted by Gasteiger charge is 2.20.